The number of halogens is 1. The number of hydrogen-bond acceptors (Lipinski definition) is 5. The van der Waals surface area contributed by atoms with Gasteiger partial charge in [-0.1, -0.05) is 12.1 Å². The number of aromatic nitrogens is 3. The van der Waals surface area contributed by atoms with Crippen LogP contribution in [0.15, 0.2) is 18.2 Å². The van der Waals surface area contributed by atoms with Crippen molar-refractivity contribution in [3.05, 3.63) is 29.6 Å². The van der Waals surface area contributed by atoms with Crippen molar-refractivity contribution in [3.63, 3.8) is 0 Å². The highest BCUT2D eigenvalue weighted by atomic mass is 19.1. The van der Waals surface area contributed by atoms with E-state index in [-0.39, 0.29) is 5.82 Å². The molecule has 2 rings (SSSR count). The van der Waals surface area contributed by atoms with Gasteiger partial charge in [0, 0.05) is 25.7 Å². The van der Waals surface area contributed by atoms with Crippen LogP contribution in [-0.4, -0.2) is 35.1 Å². The van der Waals surface area contributed by atoms with Gasteiger partial charge >= 0.3 is 0 Å². The Morgan fingerprint density at radius 1 is 1.14 bits per heavy atom. The Bertz CT molecular complexity index is 625. The molecular weight excluding hydrogens is 269 g/mol. The predicted molar refractivity (Wildman–Crippen MR) is 83.1 cm³/mol. The smallest absolute Gasteiger partial charge is 0.230 e. The largest absolute Gasteiger partial charge is 0.357 e. The van der Waals surface area contributed by atoms with E-state index < -0.39 is 0 Å². The Morgan fingerprint density at radius 2 is 1.86 bits per heavy atom. The maximum atomic E-state index is 13.7. The van der Waals surface area contributed by atoms with Crippen LogP contribution in [0, 0.1) is 12.7 Å². The lowest BCUT2D eigenvalue weighted by atomic mass is 10.1. The molecule has 0 bridgehead atoms. The van der Waals surface area contributed by atoms with Crippen LogP contribution in [-0.2, 0) is 0 Å². The highest BCUT2D eigenvalue weighted by molar-refractivity contribution is 5.62. The van der Waals surface area contributed by atoms with E-state index in [0.717, 1.165) is 13.1 Å². The van der Waals surface area contributed by atoms with Crippen LogP contribution < -0.4 is 10.2 Å². The first-order valence-electron chi connectivity index (χ1n) is 7.04. The third-order valence-electron chi connectivity index (χ3n) is 3.40. The maximum Gasteiger partial charge on any atom is 0.230 e. The fraction of sp³-hybridized carbons (Fsp3) is 0.400. The number of rotatable bonds is 5. The molecular formula is C15H20FN5. The molecule has 0 saturated heterocycles. The fourth-order valence-corrected chi connectivity index (χ4v) is 2.09. The van der Waals surface area contributed by atoms with Gasteiger partial charge in [-0.15, -0.1) is 0 Å². The third-order valence-corrected chi connectivity index (χ3v) is 3.40. The van der Waals surface area contributed by atoms with Gasteiger partial charge in [0.1, 0.15) is 5.82 Å². The van der Waals surface area contributed by atoms with Gasteiger partial charge in [-0.3, -0.25) is 0 Å². The van der Waals surface area contributed by atoms with Crippen LogP contribution >= 0.6 is 0 Å². The Hall–Kier alpha value is -2.24. The number of nitrogens with zero attached hydrogens (tertiary/aromatic N) is 4. The Kier molecular flexibility index (Phi) is 4.67. The molecule has 0 unspecified atom stereocenters. The van der Waals surface area contributed by atoms with E-state index in [1.807, 2.05) is 24.8 Å². The average molecular weight is 289 g/mol. The summed E-state index contributed by atoms with van der Waals surface area (Å²) in [6.07, 6.45) is 0. The zero-order valence-electron chi connectivity index (χ0n) is 12.8. The molecule has 0 amide bonds. The standard InChI is InChI=1S/C15H20FN5/c1-5-21(6-2)15-19-13(18-14(17-4)20-15)11-8-7-9-12(16)10(11)3/h7-9H,5-6H2,1-4H3,(H,17,18,19,20). The molecule has 0 aliphatic rings. The van der Waals surface area contributed by atoms with Crippen molar-refractivity contribution in [2.75, 3.05) is 30.4 Å². The van der Waals surface area contributed by atoms with Gasteiger partial charge < -0.3 is 10.2 Å². The summed E-state index contributed by atoms with van der Waals surface area (Å²) in [5.41, 5.74) is 1.22. The number of nitrogens with one attached hydrogen (secondary N) is 1. The lowest BCUT2D eigenvalue weighted by molar-refractivity contribution is 0.619. The molecule has 0 atom stereocenters. The van der Waals surface area contributed by atoms with E-state index in [2.05, 4.69) is 20.3 Å². The van der Waals surface area contributed by atoms with E-state index in [9.17, 15) is 4.39 Å². The Labute approximate surface area is 124 Å². The van der Waals surface area contributed by atoms with Crippen LogP contribution in [0.3, 0.4) is 0 Å². The van der Waals surface area contributed by atoms with Crippen molar-refractivity contribution in [1.29, 1.82) is 0 Å². The summed E-state index contributed by atoms with van der Waals surface area (Å²) in [6, 6.07) is 4.92. The minimum atomic E-state index is -0.261. The monoisotopic (exact) mass is 289 g/mol. The Morgan fingerprint density at radius 3 is 2.48 bits per heavy atom. The van der Waals surface area contributed by atoms with Crippen molar-refractivity contribution >= 4 is 11.9 Å². The highest BCUT2D eigenvalue weighted by Gasteiger charge is 2.14. The number of anilines is 2. The summed E-state index contributed by atoms with van der Waals surface area (Å²) in [5.74, 6) is 1.29. The fourth-order valence-electron chi connectivity index (χ4n) is 2.09. The quantitative estimate of drug-likeness (QED) is 0.917. The molecule has 0 radical (unpaired) electrons. The van der Waals surface area contributed by atoms with Crippen LogP contribution in [0.25, 0.3) is 11.4 Å². The van der Waals surface area contributed by atoms with E-state index in [1.54, 1.807) is 20.0 Å². The average Bonchev–Trinajstić information content (AvgIpc) is 2.51. The molecule has 1 N–H and O–H groups in total. The summed E-state index contributed by atoms with van der Waals surface area (Å²) in [7, 11) is 1.75. The van der Waals surface area contributed by atoms with Crippen molar-refractivity contribution in [2.24, 2.45) is 0 Å². The topological polar surface area (TPSA) is 53.9 Å². The van der Waals surface area contributed by atoms with Crippen molar-refractivity contribution in [2.45, 2.75) is 20.8 Å². The van der Waals surface area contributed by atoms with Gasteiger partial charge in [0.2, 0.25) is 11.9 Å². The summed E-state index contributed by atoms with van der Waals surface area (Å²) in [5, 5.41) is 2.93. The maximum absolute atomic E-state index is 13.7. The molecule has 112 valence electrons. The van der Waals surface area contributed by atoms with Gasteiger partial charge in [0.05, 0.1) is 0 Å². The molecule has 0 aliphatic heterocycles. The lowest BCUT2D eigenvalue weighted by Crippen LogP contribution is -2.25. The zero-order valence-corrected chi connectivity index (χ0v) is 12.8. The van der Waals surface area contributed by atoms with Gasteiger partial charge in [-0.25, -0.2) is 4.39 Å². The van der Waals surface area contributed by atoms with E-state index in [1.165, 1.54) is 6.07 Å². The molecule has 1 aromatic carbocycles. The summed E-state index contributed by atoms with van der Waals surface area (Å²) >= 11 is 0. The van der Waals surface area contributed by atoms with Gasteiger partial charge in [0.15, 0.2) is 5.82 Å². The van der Waals surface area contributed by atoms with Crippen molar-refractivity contribution < 1.29 is 4.39 Å². The first kappa shape index (κ1) is 15.2. The van der Waals surface area contributed by atoms with Crippen molar-refractivity contribution in [3.8, 4) is 11.4 Å². The van der Waals surface area contributed by atoms with Gasteiger partial charge in [-0.05, 0) is 32.4 Å². The van der Waals surface area contributed by atoms with Gasteiger partial charge in [0.25, 0.3) is 0 Å². The summed E-state index contributed by atoms with van der Waals surface area (Å²) in [6.45, 7) is 7.40. The lowest BCUT2D eigenvalue weighted by Gasteiger charge is -2.19. The van der Waals surface area contributed by atoms with Crippen LogP contribution in [0.5, 0.6) is 0 Å². The van der Waals surface area contributed by atoms with Crippen LogP contribution in [0.1, 0.15) is 19.4 Å². The summed E-state index contributed by atoms with van der Waals surface area (Å²) in [4.78, 5) is 15.2. The molecule has 2 aromatic rings. The molecule has 1 aromatic heterocycles. The molecule has 0 spiro atoms. The first-order chi connectivity index (χ1) is 10.1. The van der Waals surface area contributed by atoms with Crippen LogP contribution in [0.4, 0.5) is 16.3 Å². The normalized spacial score (nSPS) is 10.5. The second-order valence-corrected chi connectivity index (χ2v) is 4.62. The van der Waals surface area contributed by atoms with E-state index in [4.69, 9.17) is 0 Å². The number of hydrogen-bond donors (Lipinski definition) is 1. The van der Waals surface area contributed by atoms with Gasteiger partial charge in [-0.2, -0.15) is 15.0 Å². The first-order valence-corrected chi connectivity index (χ1v) is 7.04. The van der Waals surface area contributed by atoms with E-state index in [0.29, 0.717) is 28.8 Å². The van der Waals surface area contributed by atoms with Crippen molar-refractivity contribution in [1.82, 2.24) is 15.0 Å². The highest BCUT2D eigenvalue weighted by Crippen LogP contribution is 2.24. The molecule has 5 nitrogen and oxygen atoms in total. The van der Waals surface area contributed by atoms with Crippen LogP contribution in [0.2, 0.25) is 0 Å². The zero-order chi connectivity index (χ0) is 15.4. The number of benzene rings is 1. The van der Waals surface area contributed by atoms with E-state index >= 15 is 0 Å². The second-order valence-electron chi connectivity index (χ2n) is 4.62. The minimum absolute atomic E-state index is 0.261. The summed E-state index contributed by atoms with van der Waals surface area (Å²) < 4.78 is 13.7. The molecule has 6 heteroatoms. The predicted octanol–water partition coefficient (Wildman–Crippen LogP) is 2.87. The molecule has 0 aliphatic carbocycles. The SMILES string of the molecule is CCN(CC)c1nc(NC)nc(-c2cccc(F)c2C)n1. The minimum Gasteiger partial charge on any atom is -0.357 e. The molecule has 0 saturated carbocycles. The molecule has 0 fully saturated rings. The third kappa shape index (κ3) is 3.09. The molecule has 21 heavy (non-hydrogen) atoms. The Balaban J connectivity index is 2.58. The molecule has 1 heterocycles. The second kappa shape index (κ2) is 6.47.